The summed E-state index contributed by atoms with van der Waals surface area (Å²) in [5.74, 6) is 0.246. The van der Waals surface area contributed by atoms with Crippen molar-refractivity contribution in [2.75, 3.05) is 11.9 Å². The van der Waals surface area contributed by atoms with Gasteiger partial charge in [-0.1, -0.05) is 34.8 Å². The third-order valence-corrected chi connectivity index (χ3v) is 3.69. The Labute approximate surface area is 137 Å². The highest BCUT2D eigenvalue weighted by molar-refractivity contribution is 6.35. The van der Waals surface area contributed by atoms with Crippen molar-refractivity contribution < 1.29 is 9.53 Å². The number of amides is 1. The summed E-state index contributed by atoms with van der Waals surface area (Å²) in [6.45, 7) is 1.73. The number of nitrogens with one attached hydrogen (secondary N) is 1. The van der Waals surface area contributed by atoms with Crippen LogP contribution in [-0.2, 0) is 4.79 Å². The van der Waals surface area contributed by atoms with Crippen LogP contribution in [0.3, 0.4) is 0 Å². The summed E-state index contributed by atoms with van der Waals surface area (Å²) in [5.41, 5.74) is 1.33. The minimum absolute atomic E-state index is 0.135. The molecule has 0 aromatic heterocycles. The molecule has 0 saturated heterocycles. The van der Waals surface area contributed by atoms with Gasteiger partial charge in [-0.3, -0.25) is 4.79 Å². The van der Waals surface area contributed by atoms with Crippen LogP contribution in [0.4, 0.5) is 5.69 Å². The van der Waals surface area contributed by atoms with Crippen LogP contribution in [0.5, 0.6) is 5.75 Å². The molecule has 3 nitrogen and oxygen atoms in total. The highest BCUT2D eigenvalue weighted by atomic mass is 35.5. The molecule has 110 valence electrons. The van der Waals surface area contributed by atoms with Crippen LogP contribution in [0, 0.1) is 6.92 Å². The van der Waals surface area contributed by atoms with Gasteiger partial charge in [0.2, 0.25) is 0 Å². The average molecular weight is 345 g/mol. The van der Waals surface area contributed by atoms with Crippen molar-refractivity contribution in [2.24, 2.45) is 0 Å². The zero-order chi connectivity index (χ0) is 15.4. The summed E-state index contributed by atoms with van der Waals surface area (Å²) in [6.07, 6.45) is 0. The number of benzene rings is 2. The van der Waals surface area contributed by atoms with E-state index in [1.165, 1.54) is 0 Å². The van der Waals surface area contributed by atoms with E-state index in [0.29, 0.717) is 26.5 Å². The zero-order valence-electron chi connectivity index (χ0n) is 11.1. The molecule has 0 atom stereocenters. The van der Waals surface area contributed by atoms with Crippen LogP contribution in [0.25, 0.3) is 0 Å². The third kappa shape index (κ3) is 4.53. The second-order valence-electron chi connectivity index (χ2n) is 4.37. The van der Waals surface area contributed by atoms with Gasteiger partial charge in [0, 0.05) is 10.0 Å². The number of carbonyl (C=O) groups excluding carboxylic acids is 1. The molecule has 0 radical (unpaired) electrons. The first-order chi connectivity index (χ1) is 9.95. The van der Waals surface area contributed by atoms with Crippen molar-refractivity contribution >= 4 is 46.4 Å². The SMILES string of the molecule is Cc1cc(OCC(=O)Nc2cc(Cl)ccc2Cl)ccc1Cl. The number of halogens is 3. The van der Waals surface area contributed by atoms with Crippen LogP contribution in [0.1, 0.15) is 5.56 Å². The molecule has 0 heterocycles. The molecule has 0 aliphatic rings. The number of anilines is 1. The predicted molar refractivity (Wildman–Crippen MR) is 86.8 cm³/mol. The molecule has 2 aromatic carbocycles. The Morgan fingerprint density at radius 1 is 1.10 bits per heavy atom. The Balaban J connectivity index is 1.95. The number of rotatable bonds is 4. The summed E-state index contributed by atoms with van der Waals surface area (Å²) in [7, 11) is 0. The summed E-state index contributed by atoms with van der Waals surface area (Å²) >= 11 is 17.7. The van der Waals surface area contributed by atoms with Gasteiger partial charge in [-0.05, 0) is 48.9 Å². The molecule has 0 aliphatic heterocycles. The number of carbonyl (C=O) groups is 1. The average Bonchev–Trinajstić information content (AvgIpc) is 2.44. The predicted octanol–water partition coefficient (Wildman–Crippen LogP) is 4.97. The van der Waals surface area contributed by atoms with E-state index < -0.39 is 0 Å². The molecule has 0 unspecified atom stereocenters. The van der Waals surface area contributed by atoms with Gasteiger partial charge >= 0.3 is 0 Å². The fraction of sp³-hybridized carbons (Fsp3) is 0.133. The molecule has 0 aliphatic carbocycles. The van der Waals surface area contributed by atoms with Crippen molar-refractivity contribution in [3.05, 3.63) is 57.0 Å². The van der Waals surface area contributed by atoms with E-state index in [4.69, 9.17) is 39.5 Å². The largest absolute Gasteiger partial charge is 0.484 e. The van der Waals surface area contributed by atoms with Gasteiger partial charge < -0.3 is 10.1 Å². The topological polar surface area (TPSA) is 38.3 Å². The quantitative estimate of drug-likeness (QED) is 0.850. The van der Waals surface area contributed by atoms with Crippen LogP contribution in [0.2, 0.25) is 15.1 Å². The minimum Gasteiger partial charge on any atom is -0.484 e. The van der Waals surface area contributed by atoms with Gasteiger partial charge in [0.15, 0.2) is 6.61 Å². The van der Waals surface area contributed by atoms with E-state index in [9.17, 15) is 4.79 Å². The lowest BCUT2D eigenvalue weighted by Gasteiger charge is -2.10. The van der Waals surface area contributed by atoms with Gasteiger partial charge in [-0.25, -0.2) is 0 Å². The number of hydrogen-bond donors (Lipinski definition) is 1. The van der Waals surface area contributed by atoms with Crippen molar-refractivity contribution in [1.29, 1.82) is 0 Å². The molecule has 1 N–H and O–H groups in total. The molecule has 0 spiro atoms. The molecule has 1 amide bonds. The molecule has 21 heavy (non-hydrogen) atoms. The van der Waals surface area contributed by atoms with Crippen LogP contribution in [-0.4, -0.2) is 12.5 Å². The Bertz CT molecular complexity index is 674. The normalized spacial score (nSPS) is 10.3. The standard InChI is InChI=1S/C15H12Cl3NO2/c1-9-6-11(3-5-12(9)17)21-8-15(20)19-14-7-10(16)2-4-13(14)18/h2-7H,8H2,1H3,(H,19,20). The van der Waals surface area contributed by atoms with Crippen molar-refractivity contribution in [3.63, 3.8) is 0 Å². The third-order valence-electron chi connectivity index (χ3n) is 2.70. The first-order valence-electron chi connectivity index (χ1n) is 6.09. The Hall–Kier alpha value is -1.42. The Kier molecular flexibility index (Phi) is 5.34. The lowest BCUT2D eigenvalue weighted by Crippen LogP contribution is -2.20. The van der Waals surface area contributed by atoms with E-state index in [1.54, 1.807) is 36.4 Å². The molecule has 0 saturated carbocycles. The van der Waals surface area contributed by atoms with Gasteiger partial charge in [0.1, 0.15) is 5.75 Å². The summed E-state index contributed by atoms with van der Waals surface area (Å²) in [4.78, 5) is 11.8. The van der Waals surface area contributed by atoms with Gasteiger partial charge in [-0.2, -0.15) is 0 Å². The lowest BCUT2D eigenvalue weighted by molar-refractivity contribution is -0.118. The minimum atomic E-state index is -0.327. The monoisotopic (exact) mass is 343 g/mol. The van der Waals surface area contributed by atoms with Crippen LogP contribution in [0.15, 0.2) is 36.4 Å². The molecule has 2 aromatic rings. The maximum absolute atomic E-state index is 11.8. The van der Waals surface area contributed by atoms with E-state index >= 15 is 0 Å². The van der Waals surface area contributed by atoms with E-state index in [2.05, 4.69) is 5.32 Å². The Morgan fingerprint density at radius 3 is 2.52 bits per heavy atom. The Morgan fingerprint density at radius 2 is 1.81 bits per heavy atom. The highest BCUT2D eigenvalue weighted by Gasteiger charge is 2.08. The first kappa shape index (κ1) is 16.0. The fourth-order valence-corrected chi connectivity index (χ4v) is 2.09. The first-order valence-corrected chi connectivity index (χ1v) is 7.23. The molecule has 6 heteroatoms. The van der Waals surface area contributed by atoms with Crippen LogP contribution < -0.4 is 10.1 Å². The van der Waals surface area contributed by atoms with Gasteiger partial charge in [0.05, 0.1) is 10.7 Å². The molecule has 0 bridgehead atoms. The lowest BCUT2D eigenvalue weighted by atomic mass is 10.2. The maximum Gasteiger partial charge on any atom is 0.262 e. The van der Waals surface area contributed by atoms with E-state index in [-0.39, 0.29) is 12.5 Å². The van der Waals surface area contributed by atoms with Crippen molar-refractivity contribution in [2.45, 2.75) is 6.92 Å². The number of ether oxygens (including phenoxy) is 1. The second kappa shape index (κ2) is 7.03. The highest BCUT2D eigenvalue weighted by Crippen LogP contribution is 2.25. The molecule has 0 fully saturated rings. The number of hydrogen-bond acceptors (Lipinski definition) is 2. The van der Waals surface area contributed by atoms with E-state index in [1.807, 2.05) is 6.92 Å². The number of aryl methyl sites for hydroxylation is 1. The van der Waals surface area contributed by atoms with Gasteiger partial charge in [0.25, 0.3) is 5.91 Å². The zero-order valence-corrected chi connectivity index (χ0v) is 13.4. The fourth-order valence-electron chi connectivity index (χ4n) is 1.64. The summed E-state index contributed by atoms with van der Waals surface area (Å²) in [6, 6.07) is 10.0. The van der Waals surface area contributed by atoms with Gasteiger partial charge in [-0.15, -0.1) is 0 Å². The molecular formula is C15H12Cl3NO2. The summed E-state index contributed by atoms with van der Waals surface area (Å²) < 4.78 is 5.40. The molecule has 2 rings (SSSR count). The second-order valence-corrected chi connectivity index (χ2v) is 5.62. The van der Waals surface area contributed by atoms with Crippen molar-refractivity contribution in [3.8, 4) is 5.75 Å². The smallest absolute Gasteiger partial charge is 0.262 e. The molecular weight excluding hydrogens is 333 g/mol. The van der Waals surface area contributed by atoms with Crippen LogP contribution >= 0.6 is 34.8 Å². The van der Waals surface area contributed by atoms with E-state index in [0.717, 1.165) is 5.56 Å². The summed E-state index contributed by atoms with van der Waals surface area (Å²) in [5, 5.41) is 4.19. The van der Waals surface area contributed by atoms with Crippen molar-refractivity contribution in [1.82, 2.24) is 0 Å². The maximum atomic E-state index is 11.8.